The van der Waals surface area contributed by atoms with E-state index in [1.54, 1.807) is 43.6 Å². The number of anilines is 1. The highest BCUT2D eigenvalue weighted by Gasteiger charge is 2.16. The van der Waals surface area contributed by atoms with Gasteiger partial charge in [-0.3, -0.25) is 5.32 Å². The molecule has 2 aromatic heterocycles. The molecule has 1 atom stereocenters. The number of amides is 1. The summed E-state index contributed by atoms with van der Waals surface area (Å²) in [6, 6.07) is 12.2. The molecule has 3 rings (SSSR count). The van der Waals surface area contributed by atoms with Crippen molar-refractivity contribution in [2.75, 3.05) is 5.32 Å². The maximum absolute atomic E-state index is 12.2. The Morgan fingerprint density at radius 3 is 2.72 bits per heavy atom. The molecule has 8 heteroatoms. The number of pyridine rings is 1. The second kappa shape index (κ2) is 7.55. The van der Waals surface area contributed by atoms with E-state index in [2.05, 4.69) is 15.4 Å². The fourth-order valence-electron chi connectivity index (χ4n) is 2.26. The van der Waals surface area contributed by atoms with Crippen molar-refractivity contribution in [3.63, 3.8) is 0 Å². The van der Waals surface area contributed by atoms with Crippen LogP contribution in [0.2, 0.25) is 10.2 Å². The van der Waals surface area contributed by atoms with Crippen LogP contribution in [0, 0.1) is 0 Å². The van der Waals surface area contributed by atoms with Gasteiger partial charge in [0.05, 0.1) is 18.1 Å². The predicted molar refractivity (Wildman–Crippen MR) is 96.3 cm³/mol. The van der Waals surface area contributed by atoms with Gasteiger partial charge in [0.25, 0.3) is 0 Å². The van der Waals surface area contributed by atoms with Gasteiger partial charge in [0.15, 0.2) is 0 Å². The fourth-order valence-corrected chi connectivity index (χ4v) is 2.66. The summed E-state index contributed by atoms with van der Waals surface area (Å²) in [5.41, 5.74) is 1.39. The zero-order chi connectivity index (χ0) is 17.8. The second-order valence-corrected chi connectivity index (χ2v) is 5.96. The first-order chi connectivity index (χ1) is 12.0. The molecule has 3 aromatic rings. The number of nitrogens with one attached hydrogen (secondary N) is 1. The van der Waals surface area contributed by atoms with Crippen molar-refractivity contribution < 1.29 is 9.53 Å². The Morgan fingerprint density at radius 2 is 2.00 bits per heavy atom. The van der Waals surface area contributed by atoms with Crippen LogP contribution in [0.5, 0.6) is 0 Å². The molecular formula is C17H14Cl2N4O2. The lowest BCUT2D eigenvalue weighted by Gasteiger charge is -2.15. The van der Waals surface area contributed by atoms with E-state index in [-0.39, 0.29) is 0 Å². The normalized spacial score (nSPS) is 11.8. The lowest BCUT2D eigenvalue weighted by molar-refractivity contribution is 0.121. The van der Waals surface area contributed by atoms with Crippen molar-refractivity contribution in [3.8, 4) is 5.69 Å². The Kier molecular flexibility index (Phi) is 5.21. The molecular weight excluding hydrogens is 363 g/mol. The van der Waals surface area contributed by atoms with Crippen LogP contribution in [0.25, 0.3) is 5.69 Å². The van der Waals surface area contributed by atoms with Crippen LogP contribution >= 0.6 is 23.2 Å². The number of rotatable bonds is 4. The van der Waals surface area contributed by atoms with Gasteiger partial charge in [-0.05, 0) is 25.1 Å². The first kappa shape index (κ1) is 17.3. The number of hydrogen-bond donors (Lipinski definition) is 1. The minimum Gasteiger partial charge on any atom is -0.441 e. The van der Waals surface area contributed by atoms with Gasteiger partial charge < -0.3 is 4.74 Å². The summed E-state index contributed by atoms with van der Waals surface area (Å²) in [4.78, 5) is 16.2. The van der Waals surface area contributed by atoms with Crippen molar-refractivity contribution in [3.05, 3.63) is 70.6 Å². The lowest BCUT2D eigenvalue weighted by atomic mass is 10.1. The Hall–Kier alpha value is -2.57. The van der Waals surface area contributed by atoms with E-state index >= 15 is 0 Å². The molecule has 0 aliphatic rings. The lowest BCUT2D eigenvalue weighted by Crippen LogP contribution is -2.18. The van der Waals surface area contributed by atoms with Crippen LogP contribution in [0.15, 0.2) is 54.9 Å². The maximum Gasteiger partial charge on any atom is 0.413 e. The van der Waals surface area contributed by atoms with Gasteiger partial charge in [0, 0.05) is 16.7 Å². The molecule has 1 N–H and O–H groups in total. The summed E-state index contributed by atoms with van der Waals surface area (Å²) in [5.74, 6) is 0.445. The summed E-state index contributed by atoms with van der Waals surface area (Å²) < 4.78 is 6.91. The zero-order valence-corrected chi connectivity index (χ0v) is 14.7. The summed E-state index contributed by atoms with van der Waals surface area (Å²) in [6.07, 6.45) is 2.00. The molecule has 6 nitrogen and oxygen atoms in total. The van der Waals surface area contributed by atoms with E-state index < -0.39 is 12.2 Å². The molecule has 25 heavy (non-hydrogen) atoms. The van der Waals surface area contributed by atoms with Crippen LogP contribution in [0.1, 0.15) is 18.6 Å². The topological polar surface area (TPSA) is 69.0 Å². The van der Waals surface area contributed by atoms with Gasteiger partial charge in [-0.1, -0.05) is 41.4 Å². The number of ether oxygens (including phenoxy) is 1. The Morgan fingerprint density at radius 1 is 1.20 bits per heavy atom. The highest BCUT2D eigenvalue weighted by Crippen LogP contribution is 2.25. The van der Waals surface area contributed by atoms with Crippen molar-refractivity contribution in [2.45, 2.75) is 13.0 Å². The molecule has 0 radical (unpaired) electrons. The Bertz CT molecular complexity index is 880. The van der Waals surface area contributed by atoms with Crippen LogP contribution in [0.4, 0.5) is 10.6 Å². The van der Waals surface area contributed by atoms with Crippen molar-refractivity contribution in [2.24, 2.45) is 0 Å². The first-order valence-corrected chi connectivity index (χ1v) is 8.18. The molecule has 0 aliphatic carbocycles. The smallest absolute Gasteiger partial charge is 0.413 e. The number of carbonyl (C=O) groups excluding carboxylic acids is 1. The highest BCUT2D eigenvalue weighted by atomic mass is 35.5. The minimum absolute atomic E-state index is 0.374. The Balaban J connectivity index is 1.71. The van der Waals surface area contributed by atoms with Crippen LogP contribution < -0.4 is 5.32 Å². The number of aromatic nitrogens is 3. The summed E-state index contributed by atoms with van der Waals surface area (Å²) in [5, 5.41) is 7.74. The molecule has 2 heterocycles. The van der Waals surface area contributed by atoms with E-state index in [1.807, 2.05) is 18.2 Å². The van der Waals surface area contributed by atoms with E-state index in [9.17, 15) is 4.79 Å². The predicted octanol–water partition coefficient (Wildman–Crippen LogP) is 4.88. The highest BCUT2D eigenvalue weighted by molar-refractivity contribution is 6.31. The van der Waals surface area contributed by atoms with Crippen LogP contribution in [-0.2, 0) is 4.74 Å². The van der Waals surface area contributed by atoms with Crippen LogP contribution in [0.3, 0.4) is 0 Å². The van der Waals surface area contributed by atoms with Crippen molar-refractivity contribution in [1.82, 2.24) is 14.8 Å². The minimum atomic E-state index is -0.615. The molecule has 0 saturated heterocycles. The van der Waals surface area contributed by atoms with Crippen LogP contribution in [-0.4, -0.2) is 20.9 Å². The zero-order valence-electron chi connectivity index (χ0n) is 13.2. The molecule has 1 unspecified atom stereocenters. The third-order valence-corrected chi connectivity index (χ3v) is 4.02. The van der Waals surface area contributed by atoms with Gasteiger partial charge in [-0.15, -0.1) is 0 Å². The van der Waals surface area contributed by atoms with Crippen molar-refractivity contribution in [1.29, 1.82) is 0 Å². The second-order valence-electron chi connectivity index (χ2n) is 5.16. The molecule has 1 aromatic carbocycles. The van der Waals surface area contributed by atoms with E-state index in [1.165, 1.54) is 4.68 Å². The molecule has 0 spiro atoms. The molecule has 1 amide bonds. The number of hydrogen-bond acceptors (Lipinski definition) is 4. The Labute approximate surface area is 154 Å². The number of benzene rings is 1. The largest absolute Gasteiger partial charge is 0.441 e. The van der Waals surface area contributed by atoms with Gasteiger partial charge in [0.2, 0.25) is 0 Å². The molecule has 0 fully saturated rings. The molecule has 128 valence electrons. The van der Waals surface area contributed by atoms with E-state index in [0.717, 1.165) is 5.56 Å². The molecule has 0 aliphatic heterocycles. The number of nitrogens with zero attached hydrogens (tertiary/aromatic N) is 3. The third-order valence-electron chi connectivity index (χ3n) is 3.46. The van der Waals surface area contributed by atoms with E-state index in [0.29, 0.717) is 21.7 Å². The third kappa shape index (κ3) is 4.10. The molecule has 0 saturated carbocycles. The molecule has 0 bridgehead atoms. The maximum atomic E-state index is 12.2. The van der Waals surface area contributed by atoms with Gasteiger partial charge in [-0.25, -0.2) is 14.5 Å². The van der Waals surface area contributed by atoms with Gasteiger partial charge in [-0.2, -0.15) is 5.10 Å². The number of halogens is 2. The first-order valence-electron chi connectivity index (χ1n) is 7.42. The summed E-state index contributed by atoms with van der Waals surface area (Å²) >= 11 is 11.9. The SMILES string of the molecule is CC(OC(=O)Nc1ccnn1-c1ccc(Cl)nc1)c1ccccc1Cl. The number of carbonyl (C=O) groups is 1. The van der Waals surface area contributed by atoms with Gasteiger partial charge in [0.1, 0.15) is 17.1 Å². The monoisotopic (exact) mass is 376 g/mol. The average Bonchev–Trinajstić information content (AvgIpc) is 3.03. The fraction of sp³-hybridized carbons (Fsp3) is 0.118. The van der Waals surface area contributed by atoms with E-state index in [4.69, 9.17) is 27.9 Å². The van der Waals surface area contributed by atoms with Crippen molar-refractivity contribution >= 4 is 35.1 Å². The summed E-state index contributed by atoms with van der Waals surface area (Å²) in [7, 11) is 0. The standard InChI is InChI=1S/C17H14Cl2N4O2/c1-11(13-4-2-3-5-14(13)18)25-17(24)22-16-8-9-21-23(16)12-6-7-15(19)20-10-12/h2-11H,1H3,(H,22,24). The van der Waals surface area contributed by atoms with Gasteiger partial charge >= 0.3 is 6.09 Å². The average molecular weight is 377 g/mol. The quantitative estimate of drug-likeness (QED) is 0.658. The summed E-state index contributed by atoms with van der Waals surface area (Å²) in [6.45, 7) is 1.75.